The number of nitrogens with zero attached hydrogens (tertiary/aromatic N) is 1. The molecule has 19 heavy (non-hydrogen) atoms. The van der Waals surface area contributed by atoms with Gasteiger partial charge in [0.1, 0.15) is 6.07 Å². The van der Waals surface area contributed by atoms with E-state index >= 15 is 0 Å². The van der Waals surface area contributed by atoms with Crippen molar-refractivity contribution in [2.75, 3.05) is 0 Å². The summed E-state index contributed by atoms with van der Waals surface area (Å²) in [5.74, 6) is -1.24. The lowest BCUT2D eigenvalue weighted by Gasteiger charge is -2.33. The normalized spacial score (nSPS) is 24.1. The van der Waals surface area contributed by atoms with E-state index in [4.69, 9.17) is 5.26 Å². The highest BCUT2D eigenvalue weighted by Crippen LogP contribution is 2.37. The van der Waals surface area contributed by atoms with Gasteiger partial charge in [0.2, 0.25) is 0 Å². The maximum atomic E-state index is 12.9. The van der Waals surface area contributed by atoms with Crippen molar-refractivity contribution in [1.82, 2.24) is 5.32 Å². The van der Waals surface area contributed by atoms with Crippen LogP contribution in [0.1, 0.15) is 36.1 Å². The summed E-state index contributed by atoms with van der Waals surface area (Å²) in [4.78, 5) is 0.906. The molecule has 1 aromatic heterocycles. The summed E-state index contributed by atoms with van der Waals surface area (Å²) in [7, 11) is 0. The van der Waals surface area contributed by atoms with Gasteiger partial charge in [-0.25, -0.2) is 0 Å². The van der Waals surface area contributed by atoms with Crippen molar-refractivity contribution < 1.29 is 13.2 Å². The van der Waals surface area contributed by atoms with Crippen molar-refractivity contribution in [3.63, 3.8) is 0 Å². The number of nitriles is 1. The van der Waals surface area contributed by atoms with E-state index in [1.165, 1.54) is 11.3 Å². The van der Waals surface area contributed by atoms with Crippen molar-refractivity contribution in [2.24, 2.45) is 5.92 Å². The third-order valence-corrected chi connectivity index (χ3v) is 4.44. The van der Waals surface area contributed by atoms with Gasteiger partial charge in [-0.3, -0.25) is 0 Å². The van der Waals surface area contributed by atoms with Gasteiger partial charge in [-0.2, -0.15) is 18.4 Å². The average molecular weight is 288 g/mol. The van der Waals surface area contributed by atoms with Crippen molar-refractivity contribution >= 4 is 11.3 Å². The predicted octanol–water partition coefficient (Wildman–Crippen LogP) is 3.83. The minimum absolute atomic E-state index is 0.217. The molecule has 1 saturated carbocycles. The third-order valence-electron chi connectivity index (χ3n) is 3.51. The second kappa shape index (κ2) is 5.93. The first kappa shape index (κ1) is 14.4. The Hall–Kier alpha value is -1.06. The number of hydrogen-bond donors (Lipinski definition) is 1. The Kier molecular flexibility index (Phi) is 4.48. The van der Waals surface area contributed by atoms with E-state index in [0.717, 1.165) is 11.3 Å². The van der Waals surface area contributed by atoms with E-state index in [1.807, 2.05) is 6.07 Å². The maximum Gasteiger partial charge on any atom is 0.393 e. The summed E-state index contributed by atoms with van der Waals surface area (Å²) < 4.78 is 38.7. The molecule has 0 aromatic carbocycles. The number of thiophene rings is 1. The molecule has 2 atom stereocenters. The van der Waals surface area contributed by atoms with Gasteiger partial charge in [0.15, 0.2) is 0 Å². The standard InChI is InChI=1S/C13H15F3N2S/c14-13(15,16)11-3-1-2-4-12(11)18-7-10-5-9(6-17)8-19-10/h5,8,11-12,18H,1-4,7H2. The Morgan fingerprint density at radius 1 is 1.37 bits per heavy atom. The van der Waals surface area contributed by atoms with Gasteiger partial charge in [0, 0.05) is 22.8 Å². The van der Waals surface area contributed by atoms with Crippen LogP contribution in [0.25, 0.3) is 0 Å². The molecule has 1 N–H and O–H groups in total. The van der Waals surface area contributed by atoms with Crippen LogP contribution in [0.4, 0.5) is 13.2 Å². The molecule has 1 heterocycles. The molecule has 104 valence electrons. The van der Waals surface area contributed by atoms with E-state index < -0.39 is 18.1 Å². The Morgan fingerprint density at radius 2 is 2.11 bits per heavy atom. The van der Waals surface area contributed by atoms with Gasteiger partial charge in [-0.05, 0) is 18.9 Å². The smallest absolute Gasteiger partial charge is 0.308 e. The molecule has 0 radical (unpaired) electrons. The van der Waals surface area contributed by atoms with Gasteiger partial charge in [-0.1, -0.05) is 12.8 Å². The van der Waals surface area contributed by atoms with Crippen LogP contribution in [0.5, 0.6) is 0 Å². The largest absolute Gasteiger partial charge is 0.393 e. The molecule has 1 aromatic rings. The second-order valence-corrected chi connectivity index (χ2v) is 5.83. The Labute approximate surface area is 114 Å². The van der Waals surface area contributed by atoms with Crippen molar-refractivity contribution in [1.29, 1.82) is 5.26 Å². The first-order valence-corrected chi connectivity index (χ1v) is 7.16. The molecule has 2 rings (SSSR count). The van der Waals surface area contributed by atoms with Gasteiger partial charge in [0.05, 0.1) is 11.5 Å². The van der Waals surface area contributed by atoms with Crippen molar-refractivity contribution in [2.45, 2.75) is 44.4 Å². The zero-order valence-corrected chi connectivity index (χ0v) is 11.2. The molecule has 2 nitrogen and oxygen atoms in total. The molecule has 1 aliphatic carbocycles. The number of alkyl halides is 3. The maximum absolute atomic E-state index is 12.9. The van der Waals surface area contributed by atoms with Gasteiger partial charge < -0.3 is 5.32 Å². The number of nitrogens with one attached hydrogen (secondary N) is 1. The van der Waals surface area contributed by atoms with E-state index in [0.29, 0.717) is 24.9 Å². The fourth-order valence-electron chi connectivity index (χ4n) is 2.53. The van der Waals surface area contributed by atoms with E-state index in [2.05, 4.69) is 5.32 Å². The first-order valence-electron chi connectivity index (χ1n) is 6.28. The van der Waals surface area contributed by atoms with Gasteiger partial charge >= 0.3 is 6.18 Å². The highest BCUT2D eigenvalue weighted by Gasteiger charge is 2.45. The number of halogens is 3. The summed E-state index contributed by atoms with van der Waals surface area (Å²) in [5.41, 5.74) is 0.567. The summed E-state index contributed by atoms with van der Waals surface area (Å²) >= 11 is 1.41. The lowest BCUT2D eigenvalue weighted by molar-refractivity contribution is -0.189. The zero-order valence-electron chi connectivity index (χ0n) is 10.3. The topological polar surface area (TPSA) is 35.8 Å². The van der Waals surface area contributed by atoms with Crippen LogP contribution in [0, 0.1) is 17.2 Å². The van der Waals surface area contributed by atoms with Crippen LogP contribution in [-0.4, -0.2) is 12.2 Å². The molecule has 0 aliphatic heterocycles. The lowest BCUT2D eigenvalue weighted by atomic mass is 9.84. The Bertz CT molecular complexity index is 461. The van der Waals surface area contributed by atoms with E-state index in [9.17, 15) is 13.2 Å². The van der Waals surface area contributed by atoms with Crippen LogP contribution in [0.15, 0.2) is 11.4 Å². The quantitative estimate of drug-likeness (QED) is 0.917. The summed E-state index contributed by atoms with van der Waals surface area (Å²) in [6.45, 7) is 0.406. The molecule has 0 amide bonds. The SMILES string of the molecule is N#Cc1csc(CNC2CCCCC2C(F)(F)F)c1. The number of hydrogen-bond acceptors (Lipinski definition) is 3. The van der Waals surface area contributed by atoms with Crippen LogP contribution in [0.3, 0.4) is 0 Å². The lowest BCUT2D eigenvalue weighted by Crippen LogP contribution is -2.45. The predicted molar refractivity (Wildman–Crippen MR) is 67.7 cm³/mol. The molecule has 1 fully saturated rings. The fourth-order valence-corrected chi connectivity index (χ4v) is 3.29. The first-order chi connectivity index (χ1) is 9.00. The minimum atomic E-state index is -4.12. The van der Waals surface area contributed by atoms with E-state index in [-0.39, 0.29) is 6.42 Å². The minimum Gasteiger partial charge on any atom is -0.308 e. The third kappa shape index (κ3) is 3.71. The molecular formula is C13H15F3N2S. The molecular weight excluding hydrogens is 273 g/mol. The van der Waals surface area contributed by atoms with Gasteiger partial charge in [0.25, 0.3) is 0 Å². The zero-order chi connectivity index (χ0) is 13.9. The summed E-state index contributed by atoms with van der Waals surface area (Å²) in [5, 5.41) is 13.4. The fraction of sp³-hybridized carbons (Fsp3) is 0.615. The van der Waals surface area contributed by atoms with Crippen molar-refractivity contribution in [3.05, 3.63) is 21.9 Å². The van der Waals surface area contributed by atoms with E-state index in [1.54, 1.807) is 11.4 Å². The summed E-state index contributed by atoms with van der Waals surface area (Å²) in [6, 6.07) is 3.25. The highest BCUT2D eigenvalue weighted by atomic mass is 32.1. The summed E-state index contributed by atoms with van der Waals surface area (Å²) in [6.07, 6.45) is -1.83. The molecule has 0 spiro atoms. The monoisotopic (exact) mass is 288 g/mol. The highest BCUT2D eigenvalue weighted by molar-refractivity contribution is 7.10. The van der Waals surface area contributed by atoms with Crippen LogP contribution in [0.2, 0.25) is 0 Å². The Morgan fingerprint density at radius 3 is 2.74 bits per heavy atom. The average Bonchev–Trinajstić information content (AvgIpc) is 2.83. The van der Waals surface area contributed by atoms with Crippen LogP contribution >= 0.6 is 11.3 Å². The molecule has 1 aliphatic rings. The van der Waals surface area contributed by atoms with Gasteiger partial charge in [-0.15, -0.1) is 11.3 Å². The number of rotatable bonds is 3. The van der Waals surface area contributed by atoms with Crippen LogP contribution in [-0.2, 0) is 6.54 Å². The molecule has 0 bridgehead atoms. The van der Waals surface area contributed by atoms with Crippen LogP contribution < -0.4 is 5.32 Å². The second-order valence-electron chi connectivity index (χ2n) is 4.83. The van der Waals surface area contributed by atoms with Crippen molar-refractivity contribution in [3.8, 4) is 6.07 Å². The Balaban J connectivity index is 1.95. The molecule has 2 unspecified atom stereocenters. The molecule has 6 heteroatoms. The molecule has 0 saturated heterocycles.